The van der Waals surface area contributed by atoms with E-state index in [1.54, 1.807) is 7.11 Å². The summed E-state index contributed by atoms with van der Waals surface area (Å²) in [7, 11) is 3.44. The largest absolute Gasteiger partial charge is 0.480 e. The van der Waals surface area contributed by atoms with Gasteiger partial charge < -0.3 is 14.7 Å². The molecule has 0 bridgehead atoms. The van der Waals surface area contributed by atoms with Crippen LogP contribution in [0.5, 0.6) is 0 Å². The van der Waals surface area contributed by atoms with Gasteiger partial charge in [-0.15, -0.1) is 0 Å². The van der Waals surface area contributed by atoms with E-state index in [2.05, 4.69) is 9.97 Å². The van der Waals surface area contributed by atoms with Crippen LogP contribution in [0, 0.1) is 0 Å². The summed E-state index contributed by atoms with van der Waals surface area (Å²) < 4.78 is 5.04. The predicted octanol–water partition coefficient (Wildman–Crippen LogP) is -0.172. The van der Waals surface area contributed by atoms with E-state index in [0.29, 0.717) is 19.7 Å². The number of anilines is 1. The van der Waals surface area contributed by atoms with E-state index in [1.807, 2.05) is 22.9 Å². The zero-order valence-corrected chi connectivity index (χ0v) is 11.1. The van der Waals surface area contributed by atoms with Crippen LogP contribution in [-0.4, -0.2) is 65.8 Å². The van der Waals surface area contributed by atoms with Gasteiger partial charge in [0.15, 0.2) is 0 Å². The van der Waals surface area contributed by atoms with Crippen LogP contribution in [0.2, 0.25) is 0 Å². The van der Waals surface area contributed by atoms with Crippen LogP contribution in [0.25, 0.3) is 0 Å². The summed E-state index contributed by atoms with van der Waals surface area (Å²) >= 11 is 0. The number of nitrogens with zero attached hydrogens (tertiary/aromatic N) is 4. The van der Waals surface area contributed by atoms with Crippen LogP contribution in [0.3, 0.4) is 0 Å². The van der Waals surface area contributed by atoms with Crippen molar-refractivity contribution in [3.63, 3.8) is 0 Å². The molecule has 2 heterocycles. The average Bonchev–Trinajstić information content (AvgIpc) is 2.39. The summed E-state index contributed by atoms with van der Waals surface area (Å²) in [5.41, 5.74) is 0.790. The van der Waals surface area contributed by atoms with Crippen LogP contribution in [0.15, 0.2) is 12.4 Å². The van der Waals surface area contributed by atoms with Gasteiger partial charge in [0.1, 0.15) is 18.2 Å². The minimum atomic E-state index is -0.807. The molecule has 1 aromatic rings. The van der Waals surface area contributed by atoms with Crippen molar-refractivity contribution in [3.05, 3.63) is 18.1 Å². The maximum atomic E-state index is 11.2. The number of piperazine rings is 1. The number of aliphatic carboxylic acids is 1. The van der Waals surface area contributed by atoms with Gasteiger partial charge in [-0.25, -0.2) is 9.97 Å². The van der Waals surface area contributed by atoms with Crippen molar-refractivity contribution in [1.82, 2.24) is 14.9 Å². The van der Waals surface area contributed by atoms with E-state index >= 15 is 0 Å². The lowest BCUT2D eigenvalue weighted by molar-refractivity contribution is -0.142. The summed E-state index contributed by atoms with van der Waals surface area (Å²) in [5, 5.41) is 9.19. The molecule has 1 aliphatic heterocycles. The highest BCUT2D eigenvalue weighted by Crippen LogP contribution is 2.16. The molecule has 1 unspecified atom stereocenters. The van der Waals surface area contributed by atoms with Crippen LogP contribution >= 0.6 is 0 Å². The van der Waals surface area contributed by atoms with Crippen molar-refractivity contribution < 1.29 is 14.6 Å². The van der Waals surface area contributed by atoms with Crippen molar-refractivity contribution in [3.8, 4) is 0 Å². The van der Waals surface area contributed by atoms with Gasteiger partial charge in [-0.3, -0.25) is 9.69 Å². The molecule has 19 heavy (non-hydrogen) atoms. The molecule has 1 saturated heterocycles. The molecule has 7 nitrogen and oxygen atoms in total. The van der Waals surface area contributed by atoms with Gasteiger partial charge >= 0.3 is 5.97 Å². The Morgan fingerprint density at radius 3 is 3.00 bits per heavy atom. The molecule has 1 aromatic heterocycles. The fraction of sp³-hybridized carbons (Fsp3) is 0.583. The third-order valence-corrected chi connectivity index (χ3v) is 3.26. The third-order valence-electron chi connectivity index (χ3n) is 3.26. The lowest BCUT2D eigenvalue weighted by atomic mass is 10.2. The molecule has 0 amide bonds. The number of ether oxygens (including phenoxy) is 1. The molecule has 1 atom stereocenters. The minimum absolute atomic E-state index is 0.422. The highest BCUT2D eigenvalue weighted by atomic mass is 16.5. The van der Waals surface area contributed by atoms with E-state index in [0.717, 1.165) is 18.1 Å². The van der Waals surface area contributed by atoms with Gasteiger partial charge in [0.05, 0.1) is 12.3 Å². The summed E-state index contributed by atoms with van der Waals surface area (Å²) in [4.78, 5) is 23.3. The molecular weight excluding hydrogens is 248 g/mol. The van der Waals surface area contributed by atoms with Gasteiger partial charge in [-0.1, -0.05) is 0 Å². The highest BCUT2D eigenvalue weighted by Gasteiger charge is 2.30. The summed E-state index contributed by atoms with van der Waals surface area (Å²) in [6.07, 6.45) is 1.48. The van der Waals surface area contributed by atoms with E-state index < -0.39 is 12.0 Å². The second kappa shape index (κ2) is 5.94. The van der Waals surface area contributed by atoms with Crippen LogP contribution in [0.4, 0.5) is 5.82 Å². The lowest BCUT2D eigenvalue weighted by Crippen LogP contribution is -2.55. The first-order chi connectivity index (χ1) is 9.11. The van der Waals surface area contributed by atoms with Crippen LogP contribution in [0.1, 0.15) is 5.69 Å². The van der Waals surface area contributed by atoms with Crippen molar-refractivity contribution in [2.45, 2.75) is 12.6 Å². The minimum Gasteiger partial charge on any atom is -0.480 e. The SMILES string of the molecule is COCc1cc(N2CCN(C)C(C(=O)O)C2)ncn1. The van der Waals surface area contributed by atoms with Crippen molar-refractivity contribution in [2.75, 3.05) is 38.7 Å². The molecule has 0 radical (unpaired) electrons. The molecule has 1 fully saturated rings. The lowest BCUT2D eigenvalue weighted by Gasteiger charge is -2.37. The Bertz CT molecular complexity index is 454. The second-order valence-electron chi connectivity index (χ2n) is 4.58. The molecule has 104 valence electrons. The topological polar surface area (TPSA) is 78.8 Å². The fourth-order valence-electron chi connectivity index (χ4n) is 2.13. The van der Waals surface area contributed by atoms with Gasteiger partial charge in [-0.05, 0) is 7.05 Å². The highest BCUT2D eigenvalue weighted by molar-refractivity contribution is 5.74. The third kappa shape index (κ3) is 3.18. The van der Waals surface area contributed by atoms with Crippen molar-refractivity contribution in [2.24, 2.45) is 0 Å². The Morgan fingerprint density at radius 1 is 1.53 bits per heavy atom. The van der Waals surface area contributed by atoms with Gasteiger partial charge in [0.25, 0.3) is 0 Å². The van der Waals surface area contributed by atoms with E-state index in [4.69, 9.17) is 4.74 Å². The Morgan fingerprint density at radius 2 is 2.32 bits per heavy atom. The number of rotatable bonds is 4. The average molecular weight is 266 g/mol. The number of carbonyl (C=O) groups is 1. The van der Waals surface area contributed by atoms with Gasteiger partial charge in [0.2, 0.25) is 0 Å². The molecule has 0 saturated carbocycles. The number of likely N-dealkylation sites (N-methyl/N-ethyl adjacent to an activating group) is 1. The van der Waals surface area contributed by atoms with E-state index in [9.17, 15) is 9.90 Å². The zero-order chi connectivity index (χ0) is 13.8. The van der Waals surface area contributed by atoms with E-state index in [1.165, 1.54) is 6.33 Å². The Balaban J connectivity index is 2.13. The molecule has 1 aliphatic rings. The first-order valence-electron chi connectivity index (χ1n) is 6.09. The quantitative estimate of drug-likeness (QED) is 0.810. The number of carboxylic acids is 1. The van der Waals surface area contributed by atoms with E-state index in [-0.39, 0.29) is 0 Å². The Labute approximate surface area is 111 Å². The fourth-order valence-corrected chi connectivity index (χ4v) is 2.13. The number of aromatic nitrogens is 2. The summed E-state index contributed by atoms with van der Waals surface area (Å²) in [6.45, 7) is 2.30. The number of hydrogen-bond donors (Lipinski definition) is 1. The molecule has 1 N–H and O–H groups in total. The Kier molecular flexibility index (Phi) is 4.28. The molecule has 7 heteroatoms. The normalized spacial score (nSPS) is 20.5. The second-order valence-corrected chi connectivity index (χ2v) is 4.58. The summed E-state index contributed by atoms with van der Waals surface area (Å²) in [6, 6.07) is 1.34. The maximum absolute atomic E-state index is 11.2. The van der Waals surface area contributed by atoms with Crippen molar-refractivity contribution in [1.29, 1.82) is 0 Å². The maximum Gasteiger partial charge on any atom is 0.322 e. The predicted molar refractivity (Wildman–Crippen MR) is 69.0 cm³/mol. The van der Waals surface area contributed by atoms with Crippen molar-refractivity contribution >= 4 is 11.8 Å². The smallest absolute Gasteiger partial charge is 0.322 e. The molecule has 2 rings (SSSR count). The molecule has 0 aliphatic carbocycles. The Hall–Kier alpha value is -1.73. The first kappa shape index (κ1) is 13.7. The molecule has 0 spiro atoms. The molecular formula is C12H18N4O3. The number of methoxy groups -OCH3 is 1. The van der Waals surface area contributed by atoms with Gasteiger partial charge in [-0.2, -0.15) is 0 Å². The number of carboxylic acid groups (broad SMARTS) is 1. The number of hydrogen-bond acceptors (Lipinski definition) is 6. The van der Waals surface area contributed by atoms with Crippen LogP contribution < -0.4 is 4.90 Å². The van der Waals surface area contributed by atoms with Crippen LogP contribution in [-0.2, 0) is 16.1 Å². The summed E-state index contributed by atoms with van der Waals surface area (Å²) in [5.74, 6) is -0.0558. The monoisotopic (exact) mass is 266 g/mol. The standard InChI is InChI=1S/C12H18N4O3/c1-15-3-4-16(6-10(15)12(17)18)11-5-9(7-19-2)13-8-14-11/h5,8,10H,3-4,6-7H2,1-2H3,(H,17,18). The zero-order valence-electron chi connectivity index (χ0n) is 11.1. The first-order valence-corrected chi connectivity index (χ1v) is 6.09. The van der Waals surface area contributed by atoms with Gasteiger partial charge in [0, 0.05) is 32.8 Å². The molecule has 0 aromatic carbocycles.